The third-order valence-electron chi connectivity index (χ3n) is 0.967. The number of carbonyl (C=O) groups is 1. The van der Waals surface area contributed by atoms with Gasteiger partial charge in [0.15, 0.2) is 6.29 Å². The van der Waals surface area contributed by atoms with E-state index in [1.165, 1.54) is 0 Å². The lowest BCUT2D eigenvalue weighted by Crippen LogP contribution is -2.62. The van der Waals surface area contributed by atoms with Crippen molar-refractivity contribution in [3.05, 3.63) is 0 Å². The van der Waals surface area contributed by atoms with Gasteiger partial charge in [0.05, 0.1) is 0 Å². The summed E-state index contributed by atoms with van der Waals surface area (Å²) in [5, 5.41) is 0. The molecule has 0 saturated carbocycles. The van der Waals surface area contributed by atoms with E-state index in [9.17, 15) is 4.79 Å². The van der Waals surface area contributed by atoms with Gasteiger partial charge >= 0.3 is 0 Å². The first-order chi connectivity index (χ1) is 3.66. The zero-order valence-corrected chi connectivity index (χ0v) is 5.55. The number of hydrogen-bond acceptors (Lipinski definition) is 1. The van der Waals surface area contributed by atoms with E-state index < -0.39 is 0 Å². The maximum absolute atomic E-state index is 9.98. The summed E-state index contributed by atoms with van der Waals surface area (Å²) in [5.41, 5.74) is 3.63. The fourth-order valence-electron chi connectivity index (χ4n) is 0.661. The van der Waals surface area contributed by atoms with Gasteiger partial charge in [-0.1, -0.05) is 13.8 Å². The van der Waals surface area contributed by atoms with Gasteiger partial charge in [-0.25, -0.2) is 0 Å². The molecule has 0 rings (SSSR count). The Kier molecular flexibility index (Phi) is 3.44. The molecule has 0 aromatic carbocycles. The van der Waals surface area contributed by atoms with Crippen molar-refractivity contribution in [1.82, 2.24) is 0 Å². The molecule has 0 saturated heterocycles. The number of quaternary nitrogens is 1. The van der Waals surface area contributed by atoms with E-state index in [1.54, 1.807) is 0 Å². The summed E-state index contributed by atoms with van der Waals surface area (Å²) >= 11 is 0. The average Bonchev–Trinajstić information content (AvgIpc) is 1.65. The van der Waals surface area contributed by atoms with Crippen LogP contribution in [0.3, 0.4) is 0 Å². The average molecular weight is 116 g/mol. The summed E-state index contributed by atoms with van der Waals surface area (Å²) in [5.74, 6) is 0.586. The van der Waals surface area contributed by atoms with Gasteiger partial charge in [0.2, 0.25) is 0 Å². The van der Waals surface area contributed by atoms with Crippen LogP contribution in [0.2, 0.25) is 0 Å². The Morgan fingerprint density at radius 3 is 2.25 bits per heavy atom. The van der Waals surface area contributed by atoms with Crippen LogP contribution in [0, 0.1) is 5.92 Å². The molecular weight excluding hydrogens is 102 g/mol. The van der Waals surface area contributed by atoms with Crippen molar-refractivity contribution in [2.24, 2.45) is 5.92 Å². The number of hydrogen-bond donors (Lipinski definition) is 1. The summed E-state index contributed by atoms with van der Waals surface area (Å²) in [6.07, 6.45) is 1.81. The first kappa shape index (κ1) is 7.63. The Labute approximate surface area is 50.1 Å². The highest BCUT2D eigenvalue weighted by Crippen LogP contribution is 1.98. The van der Waals surface area contributed by atoms with E-state index >= 15 is 0 Å². The lowest BCUT2D eigenvalue weighted by atomic mass is 10.1. The molecule has 2 heteroatoms. The second-order valence-corrected chi connectivity index (χ2v) is 2.53. The molecule has 0 heterocycles. The van der Waals surface area contributed by atoms with Crippen molar-refractivity contribution < 1.29 is 10.5 Å². The van der Waals surface area contributed by atoms with Gasteiger partial charge in [-0.15, -0.1) is 0 Å². The Hall–Kier alpha value is -0.370. The Morgan fingerprint density at radius 1 is 1.62 bits per heavy atom. The minimum atomic E-state index is -0.00463. The summed E-state index contributed by atoms with van der Waals surface area (Å²) < 4.78 is 0. The fraction of sp³-hybridized carbons (Fsp3) is 0.833. The minimum Gasteiger partial charge on any atom is -0.349 e. The van der Waals surface area contributed by atoms with Crippen LogP contribution in [0.4, 0.5) is 0 Å². The van der Waals surface area contributed by atoms with E-state index in [-0.39, 0.29) is 6.04 Å². The molecule has 0 spiro atoms. The van der Waals surface area contributed by atoms with Crippen LogP contribution < -0.4 is 5.73 Å². The highest BCUT2D eigenvalue weighted by atomic mass is 16.1. The summed E-state index contributed by atoms with van der Waals surface area (Å²) in [7, 11) is 0. The summed E-state index contributed by atoms with van der Waals surface area (Å²) in [4.78, 5) is 9.98. The smallest absolute Gasteiger partial charge is 0.177 e. The predicted octanol–water partition coefficient (Wildman–Crippen LogP) is -0.158. The van der Waals surface area contributed by atoms with Crippen LogP contribution in [0.25, 0.3) is 0 Å². The van der Waals surface area contributed by atoms with Crippen molar-refractivity contribution in [2.75, 3.05) is 0 Å². The molecule has 0 aliphatic rings. The van der Waals surface area contributed by atoms with E-state index in [0.717, 1.165) is 12.7 Å². The molecule has 0 aromatic rings. The van der Waals surface area contributed by atoms with Gasteiger partial charge in [0, 0.05) is 6.42 Å². The molecule has 2 nitrogen and oxygen atoms in total. The van der Waals surface area contributed by atoms with Gasteiger partial charge in [-0.2, -0.15) is 0 Å². The SMILES string of the molecule is CC(C)CC([NH3+])C=O. The van der Waals surface area contributed by atoms with Crippen LogP contribution in [0.5, 0.6) is 0 Å². The van der Waals surface area contributed by atoms with E-state index in [2.05, 4.69) is 19.6 Å². The van der Waals surface area contributed by atoms with Crippen molar-refractivity contribution in [2.45, 2.75) is 26.3 Å². The third kappa shape index (κ3) is 3.81. The molecule has 0 bridgehead atoms. The van der Waals surface area contributed by atoms with Crippen molar-refractivity contribution in [3.63, 3.8) is 0 Å². The lowest BCUT2D eigenvalue weighted by Gasteiger charge is -2.01. The van der Waals surface area contributed by atoms with Crippen LogP contribution in [-0.4, -0.2) is 12.3 Å². The molecule has 1 unspecified atom stereocenters. The zero-order chi connectivity index (χ0) is 6.57. The normalized spacial score (nSPS) is 14.0. The van der Waals surface area contributed by atoms with Gasteiger partial charge in [0.1, 0.15) is 6.04 Å². The molecule has 0 aromatic heterocycles. The summed E-state index contributed by atoms with van der Waals surface area (Å²) in [6.45, 7) is 4.17. The van der Waals surface area contributed by atoms with Crippen LogP contribution >= 0.6 is 0 Å². The molecule has 1 atom stereocenters. The zero-order valence-electron chi connectivity index (χ0n) is 5.55. The molecule has 0 fully saturated rings. The maximum Gasteiger partial charge on any atom is 0.177 e. The summed E-state index contributed by atoms with van der Waals surface area (Å²) in [6, 6.07) is -0.00463. The molecule has 0 aliphatic heterocycles. The monoisotopic (exact) mass is 116 g/mol. The van der Waals surface area contributed by atoms with Gasteiger partial charge < -0.3 is 5.73 Å². The van der Waals surface area contributed by atoms with E-state index in [0.29, 0.717) is 5.92 Å². The first-order valence-corrected chi connectivity index (χ1v) is 2.95. The quantitative estimate of drug-likeness (QED) is 0.512. The second kappa shape index (κ2) is 3.61. The van der Waals surface area contributed by atoms with Crippen LogP contribution in [-0.2, 0) is 4.79 Å². The topological polar surface area (TPSA) is 44.7 Å². The molecule has 8 heavy (non-hydrogen) atoms. The molecular formula is C6H14NO+. The largest absolute Gasteiger partial charge is 0.349 e. The predicted molar refractivity (Wildman–Crippen MR) is 32.2 cm³/mol. The number of rotatable bonds is 3. The molecule has 48 valence electrons. The molecule has 0 radical (unpaired) electrons. The van der Waals surface area contributed by atoms with Gasteiger partial charge in [-0.05, 0) is 5.92 Å². The third-order valence-corrected chi connectivity index (χ3v) is 0.967. The minimum absolute atomic E-state index is 0.00463. The lowest BCUT2D eigenvalue weighted by molar-refractivity contribution is -0.402. The number of aldehydes is 1. The number of carbonyl (C=O) groups excluding carboxylic acids is 1. The molecule has 0 aliphatic carbocycles. The van der Waals surface area contributed by atoms with E-state index in [1.807, 2.05) is 0 Å². The van der Waals surface area contributed by atoms with Crippen LogP contribution in [0.1, 0.15) is 20.3 Å². The highest BCUT2D eigenvalue weighted by Gasteiger charge is 2.04. The van der Waals surface area contributed by atoms with Gasteiger partial charge in [0.25, 0.3) is 0 Å². The Morgan fingerprint density at radius 2 is 2.12 bits per heavy atom. The Bertz CT molecular complexity index is 70.9. The molecule has 0 amide bonds. The first-order valence-electron chi connectivity index (χ1n) is 2.95. The Balaban J connectivity index is 3.23. The van der Waals surface area contributed by atoms with Crippen molar-refractivity contribution >= 4 is 6.29 Å². The maximum atomic E-state index is 9.98. The van der Waals surface area contributed by atoms with Gasteiger partial charge in [-0.3, -0.25) is 4.79 Å². The molecule has 3 N–H and O–H groups in total. The standard InChI is InChI=1S/C6H13NO/c1-5(2)3-6(7)4-8/h4-6H,3,7H2,1-2H3/p+1. The van der Waals surface area contributed by atoms with Crippen molar-refractivity contribution in [1.29, 1.82) is 0 Å². The van der Waals surface area contributed by atoms with Crippen molar-refractivity contribution in [3.8, 4) is 0 Å². The second-order valence-electron chi connectivity index (χ2n) is 2.53. The van der Waals surface area contributed by atoms with E-state index in [4.69, 9.17) is 0 Å². The highest BCUT2D eigenvalue weighted by molar-refractivity contribution is 5.54. The van der Waals surface area contributed by atoms with Crippen LogP contribution in [0.15, 0.2) is 0 Å². The fourth-order valence-corrected chi connectivity index (χ4v) is 0.661.